The van der Waals surface area contributed by atoms with E-state index in [0.29, 0.717) is 40.5 Å². The first-order valence-electron chi connectivity index (χ1n) is 7.67. The molecule has 0 saturated carbocycles. The number of methoxy groups -OCH3 is 1. The SMILES string of the molecule is COc1cc(N)c(Cl)cc1C(=O)NCCC1NCCCC1C. The summed E-state index contributed by atoms with van der Waals surface area (Å²) in [6, 6.07) is 3.58. The summed E-state index contributed by atoms with van der Waals surface area (Å²) in [5, 5.41) is 6.79. The fraction of sp³-hybridized carbons (Fsp3) is 0.562. The standard InChI is InChI=1S/C16H24ClN3O2/c1-10-4-3-6-19-14(10)5-7-20-16(21)11-8-12(17)13(18)9-15(11)22-2/h8-10,14,19H,3-7,18H2,1-2H3,(H,20,21). The molecular formula is C16H24ClN3O2. The second-order valence-corrected chi connectivity index (χ2v) is 6.21. The van der Waals surface area contributed by atoms with Crippen LogP contribution in [0.25, 0.3) is 0 Å². The van der Waals surface area contributed by atoms with Crippen molar-refractivity contribution >= 4 is 23.2 Å². The first-order valence-corrected chi connectivity index (χ1v) is 8.05. The molecule has 1 aliphatic rings. The van der Waals surface area contributed by atoms with Crippen molar-refractivity contribution in [1.29, 1.82) is 0 Å². The molecule has 0 aliphatic carbocycles. The molecule has 2 atom stereocenters. The number of carbonyl (C=O) groups is 1. The van der Waals surface area contributed by atoms with Gasteiger partial charge in [-0.2, -0.15) is 0 Å². The molecule has 1 aromatic rings. The van der Waals surface area contributed by atoms with Gasteiger partial charge in [0.1, 0.15) is 5.75 Å². The van der Waals surface area contributed by atoms with Gasteiger partial charge in [-0.15, -0.1) is 0 Å². The number of ether oxygens (including phenoxy) is 1. The molecule has 1 amide bonds. The third-order valence-corrected chi connectivity index (χ3v) is 4.56. The van der Waals surface area contributed by atoms with E-state index >= 15 is 0 Å². The summed E-state index contributed by atoms with van der Waals surface area (Å²) in [6.45, 7) is 3.93. The number of anilines is 1. The molecule has 4 N–H and O–H groups in total. The van der Waals surface area contributed by atoms with Gasteiger partial charge < -0.3 is 21.1 Å². The molecule has 1 fully saturated rings. The maximum atomic E-state index is 12.3. The van der Waals surface area contributed by atoms with Crippen LogP contribution in [0.5, 0.6) is 5.75 Å². The van der Waals surface area contributed by atoms with Gasteiger partial charge in [0.2, 0.25) is 0 Å². The highest BCUT2D eigenvalue weighted by atomic mass is 35.5. The Labute approximate surface area is 136 Å². The van der Waals surface area contributed by atoms with Crippen molar-refractivity contribution < 1.29 is 9.53 Å². The maximum absolute atomic E-state index is 12.3. The monoisotopic (exact) mass is 325 g/mol. The molecule has 0 aromatic heterocycles. The number of rotatable bonds is 5. The number of nitrogens with two attached hydrogens (primary N) is 1. The highest BCUT2D eigenvalue weighted by molar-refractivity contribution is 6.33. The largest absolute Gasteiger partial charge is 0.496 e. The van der Waals surface area contributed by atoms with Crippen LogP contribution in [0.15, 0.2) is 12.1 Å². The molecule has 1 aliphatic heterocycles. The Bertz CT molecular complexity index is 536. The lowest BCUT2D eigenvalue weighted by atomic mass is 9.90. The van der Waals surface area contributed by atoms with Crippen LogP contribution < -0.4 is 21.1 Å². The van der Waals surface area contributed by atoms with Crippen molar-refractivity contribution in [2.45, 2.75) is 32.2 Å². The van der Waals surface area contributed by atoms with Crippen LogP contribution in [0.2, 0.25) is 5.02 Å². The highest BCUT2D eigenvalue weighted by Crippen LogP contribution is 2.28. The topological polar surface area (TPSA) is 76.4 Å². The van der Waals surface area contributed by atoms with Gasteiger partial charge in [-0.1, -0.05) is 18.5 Å². The molecule has 22 heavy (non-hydrogen) atoms. The van der Waals surface area contributed by atoms with Crippen LogP contribution in [-0.4, -0.2) is 32.1 Å². The second-order valence-electron chi connectivity index (χ2n) is 5.80. The van der Waals surface area contributed by atoms with E-state index in [1.165, 1.54) is 20.0 Å². The van der Waals surface area contributed by atoms with E-state index < -0.39 is 0 Å². The third kappa shape index (κ3) is 4.05. The van der Waals surface area contributed by atoms with Crippen molar-refractivity contribution in [3.63, 3.8) is 0 Å². The summed E-state index contributed by atoms with van der Waals surface area (Å²) in [4.78, 5) is 12.3. The second kappa shape index (κ2) is 7.70. The number of benzene rings is 1. The molecule has 0 radical (unpaired) electrons. The minimum atomic E-state index is -0.192. The van der Waals surface area contributed by atoms with Crippen molar-refractivity contribution in [1.82, 2.24) is 10.6 Å². The van der Waals surface area contributed by atoms with Gasteiger partial charge in [-0.3, -0.25) is 4.79 Å². The minimum absolute atomic E-state index is 0.192. The summed E-state index contributed by atoms with van der Waals surface area (Å²) < 4.78 is 5.20. The Morgan fingerprint density at radius 2 is 2.32 bits per heavy atom. The quantitative estimate of drug-likeness (QED) is 0.727. The lowest BCUT2D eigenvalue weighted by molar-refractivity contribution is 0.0947. The van der Waals surface area contributed by atoms with Crippen LogP contribution in [0.4, 0.5) is 5.69 Å². The van der Waals surface area contributed by atoms with Gasteiger partial charge in [0, 0.05) is 18.7 Å². The molecule has 1 heterocycles. The number of piperidine rings is 1. The number of amides is 1. The zero-order valence-corrected chi connectivity index (χ0v) is 13.9. The van der Waals surface area contributed by atoms with E-state index in [1.807, 2.05) is 0 Å². The van der Waals surface area contributed by atoms with Gasteiger partial charge in [0.05, 0.1) is 23.4 Å². The molecule has 2 unspecified atom stereocenters. The van der Waals surface area contributed by atoms with Crippen LogP contribution in [0, 0.1) is 5.92 Å². The zero-order valence-electron chi connectivity index (χ0n) is 13.1. The predicted octanol–water partition coefficient (Wildman–Crippen LogP) is 2.44. The zero-order chi connectivity index (χ0) is 16.1. The number of nitrogens with one attached hydrogen (secondary N) is 2. The van der Waals surface area contributed by atoms with Gasteiger partial charge in [0.15, 0.2) is 0 Å². The van der Waals surface area contributed by atoms with Crippen LogP contribution in [0.3, 0.4) is 0 Å². The Morgan fingerprint density at radius 3 is 3.00 bits per heavy atom. The maximum Gasteiger partial charge on any atom is 0.255 e. The summed E-state index contributed by atoms with van der Waals surface area (Å²) in [5.74, 6) is 0.886. The van der Waals surface area contributed by atoms with E-state index in [4.69, 9.17) is 22.1 Å². The number of hydrogen-bond acceptors (Lipinski definition) is 4. The van der Waals surface area contributed by atoms with Crippen LogP contribution >= 0.6 is 11.6 Å². The molecule has 1 aromatic carbocycles. The lowest BCUT2D eigenvalue weighted by Crippen LogP contribution is -2.42. The first-order chi connectivity index (χ1) is 10.5. The molecule has 1 saturated heterocycles. The first kappa shape index (κ1) is 16.9. The van der Waals surface area contributed by atoms with Gasteiger partial charge in [-0.05, 0) is 37.8 Å². The Hall–Kier alpha value is -1.46. The normalized spacial score (nSPS) is 21.4. The Morgan fingerprint density at radius 1 is 1.55 bits per heavy atom. The van der Waals surface area contributed by atoms with Crippen LogP contribution in [0.1, 0.15) is 36.5 Å². The summed E-state index contributed by atoms with van der Waals surface area (Å²) in [7, 11) is 1.51. The average Bonchev–Trinajstić information content (AvgIpc) is 2.51. The molecule has 5 nitrogen and oxygen atoms in total. The van der Waals surface area contributed by atoms with E-state index in [9.17, 15) is 4.79 Å². The average molecular weight is 326 g/mol. The fourth-order valence-corrected chi connectivity index (χ4v) is 3.02. The molecular weight excluding hydrogens is 302 g/mol. The van der Waals surface area contributed by atoms with E-state index in [0.717, 1.165) is 13.0 Å². The van der Waals surface area contributed by atoms with Crippen molar-refractivity contribution in [3.05, 3.63) is 22.7 Å². The molecule has 6 heteroatoms. The number of halogens is 1. The molecule has 0 spiro atoms. The Balaban J connectivity index is 1.93. The highest BCUT2D eigenvalue weighted by Gasteiger charge is 2.21. The van der Waals surface area contributed by atoms with Crippen molar-refractivity contribution in [2.24, 2.45) is 5.92 Å². The summed E-state index contributed by atoms with van der Waals surface area (Å²) in [5.41, 5.74) is 6.53. The fourth-order valence-electron chi connectivity index (χ4n) is 2.85. The smallest absolute Gasteiger partial charge is 0.255 e. The number of nitrogen functional groups attached to an aromatic ring is 1. The minimum Gasteiger partial charge on any atom is -0.496 e. The summed E-state index contributed by atoms with van der Waals surface area (Å²) >= 11 is 5.99. The van der Waals surface area contributed by atoms with Crippen molar-refractivity contribution in [2.75, 3.05) is 25.9 Å². The predicted molar refractivity (Wildman–Crippen MR) is 89.6 cm³/mol. The van der Waals surface area contributed by atoms with Gasteiger partial charge >= 0.3 is 0 Å². The third-order valence-electron chi connectivity index (χ3n) is 4.23. The molecule has 0 bridgehead atoms. The van der Waals surface area contributed by atoms with Crippen molar-refractivity contribution in [3.8, 4) is 5.75 Å². The molecule has 122 valence electrons. The van der Waals surface area contributed by atoms with Gasteiger partial charge in [0.25, 0.3) is 5.91 Å². The summed E-state index contributed by atoms with van der Waals surface area (Å²) in [6.07, 6.45) is 3.39. The van der Waals surface area contributed by atoms with Gasteiger partial charge in [-0.25, -0.2) is 0 Å². The van der Waals surface area contributed by atoms with E-state index in [1.54, 1.807) is 12.1 Å². The van der Waals surface area contributed by atoms with E-state index in [2.05, 4.69) is 17.6 Å². The number of carbonyl (C=O) groups excluding carboxylic acids is 1. The van der Waals surface area contributed by atoms with E-state index in [-0.39, 0.29) is 5.91 Å². The number of hydrogen-bond donors (Lipinski definition) is 3. The lowest BCUT2D eigenvalue weighted by Gasteiger charge is -2.30. The Kier molecular flexibility index (Phi) is 5.91. The molecule has 2 rings (SSSR count). The van der Waals surface area contributed by atoms with Crippen LogP contribution in [-0.2, 0) is 0 Å².